The van der Waals surface area contributed by atoms with E-state index in [1.165, 1.54) is 12.1 Å². The van der Waals surface area contributed by atoms with Crippen molar-refractivity contribution >= 4 is 32.7 Å². The highest BCUT2D eigenvalue weighted by atomic mass is 16.5. The van der Waals surface area contributed by atoms with Crippen LogP contribution in [0.3, 0.4) is 0 Å². The maximum absolute atomic E-state index is 12.8. The first kappa shape index (κ1) is 28.8. The Hall–Kier alpha value is -5.31. The molecule has 0 unspecified atom stereocenters. The van der Waals surface area contributed by atoms with E-state index < -0.39 is 0 Å². The fourth-order valence-electron chi connectivity index (χ4n) is 5.17. The quantitative estimate of drug-likeness (QED) is 0.165. The predicted octanol–water partition coefficient (Wildman–Crippen LogP) is 5.78. The van der Waals surface area contributed by atoms with Crippen LogP contribution in [0.2, 0.25) is 0 Å². The Bertz CT molecular complexity index is 2100. The molecule has 3 aromatic carbocycles. The number of H-pyrrole nitrogens is 2. The largest absolute Gasteiger partial charge is 0.494 e. The first-order valence-corrected chi connectivity index (χ1v) is 14.8. The highest BCUT2D eigenvalue weighted by Crippen LogP contribution is 2.22. The van der Waals surface area contributed by atoms with Crippen LogP contribution in [-0.2, 0) is 6.54 Å². The molecule has 0 fully saturated rings. The minimum absolute atomic E-state index is 0.0519. The maximum Gasteiger partial charge on any atom is 0.251 e. The van der Waals surface area contributed by atoms with E-state index in [9.17, 15) is 14.4 Å². The minimum atomic E-state index is -0.146. The van der Waals surface area contributed by atoms with Crippen molar-refractivity contribution in [2.45, 2.75) is 32.2 Å². The lowest BCUT2D eigenvalue weighted by molar-refractivity contribution is 0.266. The summed E-state index contributed by atoms with van der Waals surface area (Å²) < 4.78 is 19.5. The van der Waals surface area contributed by atoms with Crippen LogP contribution in [0, 0.1) is 0 Å². The minimum Gasteiger partial charge on any atom is -0.494 e. The van der Waals surface area contributed by atoms with Crippen LogP contribution < -0.4 is 30.9 Å². The molecule has 9 nitrogen and oxygen atoms in total. The van der Waals surface area contributed by atoms with Crippen LogP contribution in [-0.4, -0.2) is 34.4 Å². The second-order valence-corrected chi connectivity index (χ2v) is 10.6. The predicted molar refractivity (Wildman–Crippen MR) is 172 cm³/mol. The van der Waals surface area contributed by atoms with Crippen LogP contribution in [0.15, 0.2) is 105 Å². The molecule has 0 atom stereocenters. The number of benzene rings is 3. The lowest BCUT2D eigenvalue weighted by Gasteiger charge is -2.13. The third kappa shape index (κ3) is 7.00. The molecule has 3 heterocycles. The number of nitrogens with one attached hydrogen (secondary N) is 2. The second kappa shape index (κ2) is 13.3. The van der Waals surface area contributed by atoms with Gasteiger partial charge in [-0.2, -0.15) is 0 Å². The van der Waals surface area contributed by atoms with E-state index in [1.807, 2.05) is 60.7 Å². The van der Waals surface area contributed by atoms with Crippen LogP contribution in [0.4, 0.5) is 0 Å². The van der Waals surface area contributed by atoms with Crippen molar-refractivity contribution in [3.05, 3.63) is 122 Å². The monoisotopic (exact) mass is 591 g/mol. The molecule has 0 saturated heterocycles. The van der Waals surface area contributed by atoms with Crippen molar-refractivity contribution in [3.63, 3.8) is 0 Å². The first-order valence-electron chi connectivity index (χ1n) is 14.8. The molecule has 0 aliphatic carbocycles. The number of rotatable bonds is 13. The standard InChI is InChI=1S/C35H33N3O6/c39-33-14-8-24-5-11-27(21-30(24)36-33)42-18-2-1-17-38-32-23-29(13-7-26(32)10-16-35(38)41)44-20-4-3-19-43-28-12-6-25-9-15-34(40)37-31(25)22-28/h5-16,21-23H,1-4,17-20H2,(H,36,39)(H,37,40). The SMILES string of the molecule is O=c1ccc2ccc(OCCCCOc3ccc4ccc(=O)n(CCCCOc5ccc6ccc(=O)[nH]c6c5)c4c3)cc2[nH]1. The normalized spacial score (nSPS) is 11.3. The summed E-state index contributed by atoms with van der Waals surface area (Å²) in [7, 11) is 0. The Morgan fingerprint density at radius 2 is 0.955 bits per heavy atom. The van der Waals surface area contributed by atoms with E-state index in [-0.39, 0.29) is 16.7 Å². The Morgan fingerprint density at radius 3 is 1.52 bits per heavy atom. The van der Waals surface area contributed by atoms with Gasteiger partial charge in [-0.25, -0.2) is 0 Å². The third-order valence-corrected chi connectivity index (χ3v) is 7.48. The number of fused-ring (bicyclic) bond motifs is 3. The molecule has 9 heteroatoms. The summed E-state index contributed by atoms with van der Waals surface area (Å²) in [6.45, 7) is 2.12. The number of nitrogens with zero attached hydrogens (tertiary/aromatic N) is 1. The fraction of sp³-hybridized carbons (Fsp3) is 0.229. The van der Waals surface area contributed by atoms with Crippen LogP contribution in [0.5, 0.6) is 17.2 Å². The summed E-state index contributed by atoms with van der Waals surface area (Å²) >= 11 is 0. The molecular weight excluding hydrogens is 558 g/mol. The van der Waals surface area contributed by atoms with Crippen molar-refractivity contribution in [3.8, 4) is 17.2 Å². The lowest BCUT2D eigenvalue weighted by atomic mass is 10.2. The van der Waals surface area contributed by atoms with Crippen LogP contribution >= 0.6 is 0 Å². The summed E-state index contributed by atoms with van der Waals surface area (Å²) in [6.07, 6.45) is 3.14. The van der Waals surface area contributed by atoms with E-state index in [4.69, 9.17) is 14.2 Å². The number of ether oxygens (including phenoxy) is 3. The molecular formula is C35H33N3O6. The molecule has 6 rings (SSSR count). The summed E-state index contributed by atoms with van der Waals surface area (Å²) in [5.41, 5.74) is 2.00. The molecule has 44 heavy (non-hydrogen) atoms. The zero-order valence-corrected chi connectivity index (χ0v) is 24.2. The van der Waals surface area contributed by atoms with Gasteiger partial charge in [0.25, 0.3) is 5.56 Å². The zero-order chi connectivity index (χ0) is 30.3. The van der Waals surface area contributed by atoms with Gasteiger partial charge >= 0.3 is 0 Å². The summed E-state index contributed by atoms with van der Waals surface area (Å²) in [4.78, 5) is 41.5. The first-order chi connectivity index (χ1) is 21.5. The Kier molecular flexibility index (Phi) is 8.72. The molecule has 0 aliphatic heterocycles. The molecule has 224 valence electrons. The van der Waals surface area contributed by atoms with Gasteiger partial charge in [0.15, 0.2) is 0 Å². The van der Waals surface area contributed by atoms with E-state index >= 15 is 0 Å². The maximum atomic E-state index is 12.8. The van der Waals surface area contributed by atoms with Crippen LogP contribution in [0.1, 0.15) is 25.7 Å². The molecule has 6 aromatic rings. The number of hydrogen-bond donors (Lipinski definition) is 2. The van der Waals surface area contributed by atoms with Gasteiger partial charge in [-0.1, -0.05) is 0 Å². The smallest absolute Gasteiger partial charge is 0.251 e. The third-order valence-electron chi connectivity index (χ3n) is 7.48. The topological polar surface area (TPSA) is 115 Å². The molecule has 0 bridgehead atoms. The van der Waals surface area contributed by atoms with Gasteiger partial charge in [-0.15, -0.1) is 0 Å². The second-order valence-electron chi connectivity index (χ2n) is 10.6. The van der Waals surface area contributed by atoms with Gasteiger partial charge in [0.2, 0.25) is 11.1 Å². The number of unbranched alkanes of at least 4 members (excludes halogenated alkanes) is 2. The molecule has 3 aromatic heterocycles. The van der Waals surface area contributed by atoms with Crippen molar-refractivity contribution in [1.29, 1.82) is 0 Å². The average molecular weight is 592 g/mol. The number of aryl methyl sites for hydroxylation is 1. The molecule has 2 N–H and O–H groups in total. The number of hydrogen-bond acceptors (Lipinski definition) is 6. The summed E-state index contributed by atoms with van der Waals surface area (Å²) in [5, 5.41) is 2.88. The van der Waals surface area contributed by atoms with Gasteiger partial charge in [0.05, 0.1) is 36.4 Å². The van der Waals surface area contributed by atoms with Gasteiger partial charge in [0, 0.05) is 42.9 Å². The van der Waals surface area contributed by atoms with Crippen molar-refractivity contribution < 1.29 is 14.2 Å². The molecule has 0 radical (unpaired) electrons. The van der Waals surface area contributed by atoms with Crippen molar-refractivity contribution in [1.82, 2.24) is 14.5 Å². The molecule has 0 aliphatic rings. The Morgan fingerprint density at radius 1 is 0.500 bits per heavy atom. The highest BCUT2D eigenvalue weighted by Gasteiger charge is 2.07. The van der Waals surface area contributed by atoms with Gasteiger partial charge in [-0.05, 0) is 96.4 Å². The van der Waals surface area contributed by atoms with E-state index in [0.717, 1.165) is 58.4 Å². The Labute approximate surface area is 252 Å². The van der Waals surface area contributed by atoms with Crippen LogP contribution in [0.25, 0.3) is 32.7 Å². The molecule has 0 spiro atoms. The summed E-state index contributed by atoms with van der Waals surface area (Å²) in [5.74, 6) is 2.13. The van der Waals surface area contributed by atoms with Crippen molar-refractivity contribution in [2.24, 2.45) is 0 Å². The number of aromatic nitrogens is 3. The zero-order valence-electron chi connectivity index (χ0n) is 24.2. The lowest BCUT2D eigenvalue weighted by Crippen LogP contribution is -2.19. The number of aromatic amines is 2. The molecule has 0 amide bonds. The number of pyridine rings is 3. The fourth-order valence-corrected chi connectivity index (χ4v) is 5.17. The van der Waals surface area contributed by atoms with E-state index in [0.29, 0.717) is 43.6 Å². The van der Waals surface area contributed by atoms with Crippen molar-refractivity contribution in [2.75, 3.05) is 19.8 Å². The highest BCUT2D eigenvalue weighted by molar-refractivity contribution is 5.81. The van der Waals surface area contributed by atoms with Gasteiger partial charge in [-0.3, -0.25) is 14.4 Å². The van der Waals surface area contributed by atoms with E-state index in [1.54, 1.807) is 22.8 Å². The Balaban J connectivity index is 0.976. The molecule has 0 saturated carbocycles. The van der Waals surface area contributed by atoms with Gasteiger partial charge < -0.3 is 28.7 Å². The average Bonchev–Trinajstić information content (AvgIpc) is 3.03. The van der Waals surface area contributed by atoms with Gasteiger partial charge in [0.1, 0.15) is 17.2 Å². The van der Waals surface area contributed by atoms with E-state index in [2.05, 4.69) is 9.97 Å². The summed E-state index contributed by atoms with van der Waals surface area (Å²) in [6, 6.07) is 27.1.